The van der Waals surface area contributed by atoms with Gasteiger partial charge in [0.15, 0.2) is 0 Å². The molecular weight excluding hydrogens is 270 g/mol. The van der Waals surface area contributed by atoms with Gasteiger partial charge in [-0.1, -0.05) is 0 Å². The molecule has 0 aromatic heterocycles. The number of carbonyl (C=O) groups excluding carboxylic acids is 3. The number of hydrogen-bond donors (Lipinski definition) is 2. The summed E-state index contributed by atoms with van der Waals surface area (Å²) in [5.74, 6) is -0.408. The Labute approximate surface area is 123 Å². The number of nitrogens with zero attached hydrogens (tertiary/aromatic N) is 1. The molecule has 6 heteroatoms. The van der Waals surface area contributed by atoms with Crippen LogP contribution in [0.4, 0.5) is 5.69 Å². The molecule has 112 valence electrons. The molecule has 2 N–H and O–H groups in total. The van der Waals surface area contributed by atoms with Crippen molar-refractivity contribution in [2.45, 2.75) is 19.8 Å². The molecule has 3 amide bonds. The highest BCUT2D eigenvalue weighted by atomic mass is 16.2. The predicted octanol–water partition coefficient (Wildman–Crippen LogP) is 0.679. The Balaban J connectivity index is 1.93. The van der Waals surface area contributed by atoms with Crippen molar-refractivity contribution in [1.29, 1.82) is 0 Å². The van der Waals surface area contributed by atoms with E-state index in [1.807, 2.05) is 6.92 Å². The van der Waals surface area contributed by atoms with E-state index in [1.165, 1.54) is 0 Å². The average Bonchev–Trinajstić information content (AvgIpc) is 2.91. The summed E-state index contributed by atoms with van der Waals surface area (Å²) in [5.41, 5.74) is 1.27. The highest BCUT2D eigenvalue weighted by Crippen LogP contribution is 2.21. The van der Waals surface area contributed by atoms with Crippen molar-refractivity contribution >= 4 is 23.4 Å². The maximum atomic E-state index is 11.9. The van der Waals surface area contributed by atoms with E-state index in [-0.39, 0.29) is 24.3 Å². The molecule has 0 spiro atoms. The fourth-order valence-electron chi connectivity index (χ4n) is 2.24. The largest absolute Gasteiger partial charge is 0.355 e. The number of likely N-dealkylation sites (N-methyl/N-ethyl adjacent to an activating group) is 1. The van der Waals surface area contributed by atoms with Crippen LogP contribution in [0.5, 0.6) is 0 Å². The zero-order valence-corrected chi connectivity index (χ0v) is 12.0. The predicted molar refractivity (Wildman–Crippen MR) is 79.0 cm³/mol. The third kappa shape index (κ3) is 3.81. The van der Waals surface area contributed by atoms with Crippen molar-refractivity contribution in [3.05, 3.63) is 29.8 Å². The van der Waals surface area contributed by atoms with Crippen molar-refractivity contribution in [1.82, 2.24) is 10.6 Å². The lowest BCUT2D eigenvalue weighted by atomic mass is 10.2. The number of anilines is 1. The zero-order valence-electron chi connectivity index (χ0n) is 12.0. The van der Waals surface area contributed by atoms with Gasteiger partial charge >= 0.3 is 0 Å². The number of carbonyl (C=O) groups is 3. The van der Waals surface area contributed by atoms with Crippen LogP contribution in [0.1, 0.15) is 30.1 Å². The Morgan fingerprint density at radius 3 is 2.48 bits per heavy atom. The van der Waals surface area contributed by atoms with Crippen LogP contribution < -0.4 is 15.5 Å². The number of amides is 3. The van der Waals surface area contributed by atoms with E-state index in [4.69, 9.17) is 0 Å². The maximum Gasteiger partial charge on any atom is 0.251 e. The first-order valence-electron chi connectivity index (χ1n) is 7.07. The summed E-state index contributed by atoms with van der Waals surface area (Å²) in [5, 5.41) is 5.16. The molecule has 1 saturated heterocycles. The van der Waals surface area contributed by atoms with Gasteiger partial charge in [-0.25, -0.2) is 0 Å². The summed E-state index contributed by atoms with van der Waals surface area (Å²) in [7, 11) is 0. The molecule has 0 unspecified atom stereocenters. The minimum atomic E-state index is -0.305. The third-order valence-corrected chi connectivity index (χ3v) is 3.30. The van der Waals surface area contributed by atoms with Gasteiger partial charge in [0.25, 0.3) is 5.91 Å². The van der Waals surface area contributed by atoms with Crippen molar-refractivity contribution in [2.24, 2.45) is 0 Å². The molecule has 0 radical (unpaired) electrons. The molecule has 21 heavy (non-hydrogen) atoms. The van der Waals surface area contributed by atoms with E-state index in [2.05, 4.69) is 10.6 Å². The number of benzene rings is 1. The smallest absolute Gasteiger partial charge is 0.251 e. The second-order valence-electron chi connectivity index (χ2n) is 4.83. The summed E-state index contributed by atoms with van der Waals surface area (Å²) in [4.78, 5) is 36.5. The quantitative estimate of drug-likeness (QED) is 0.836. The second kappa shape index (κ2) is 6.88. The lowest BCUT2D eigenvalue weighted by Gasteiger charge is -2.15. The van der Waals surface area contributed by atoms with Gasteiger partial charge < -0.3 is 15.5 Å². The van der Waals surface area contributed by atoms with E-state index in [1.54, 1.807) is 29.2 Å². The van der Waals surface area contributed by atoms with Crippen LogP contribution in [-0.2, 0) is 9.59 Å². The molecule has 2 rings (SSSR count). The Morgan fingerprint density at radius 1 is 1.19 bits per heavy atom. The first kappa shape index (κ1) is 15.0. The van der Waals surface area contributed by atoms with Crippen LogP contribution in [-0.4, -0.2) is 37.4 Å². The van der Waals surface area contributed by atoms with Crippen LogP contribution in [0.25, 0.3) is 0 Å². The van der Waals surface area contributed by atoms with E-state index in [9.17, 15) is 14.4 Å². The highest BCUT2D eigenvalue weighted by molar-refractivity contribution is 5.98. The zero-order chi connectivity index (χ0) is 15.2. The lowest BCUT2D eigenvalue weighted by molar-refractivity contribution is -0.120. The molecule has 1 aromatic carbocycles. The van der Waals surface area contributed by atoms with Crippen molar-refractivity contribution < 1.29 is 14.4 Å². The van der Waals surface area contributed by atoms with Crippen molar-refractivity contribution in [3.63, 3.8) is 0 Å². The molecule has 0 bridgehead atoms. The topological polar surface area (TPSA) is 78.5 Å². The monoisotopic (exact) mass is 289 g/mol. The lowest BCUT2D eigenvalue weighted by Crippen LogP contribution is -2.36. The molecule has 1 fully saturated rings. The summed E-state index contributed by atoms with van der Waals surface area (Å²) in [6.45, 7) is 3.03. The fourth-order valence-corrected chi connectivity index (χ4v) is 2.24. The van der Waals surface area contributed by atoms with Gasteiger partial charge in [0, 0.05) is 30.8 Å². The number of nitrogens with one attached hydrogen (secondary N) is 2. The molecule has 1 aliphatic rings. The summed E-state index contributed by atoms with van der Waals surface area (Å²) >= 11 is 0. The minimum Gasteiger partial charge on any atom is -0.355 e. The van der Waals surface area contributed by atoms with Crippen molar-refractivity contribution in [2.75, 3.05) is 24.5 Å². The molecule has 1 aliphatic heterocycles. The number of hydrogen-bond acceptors (Lipinski definition) is 3. The normalized spacial score (nSPS) is 14.1. The molecular formula is C15H19N3O3. The highest BCUT2D eigenvalue weighted by Gasteiger charge is 2.21. The van der Waals surface area contributed by atoms with Crippen molar-refractivity contribution in [3.8, 4) is 0 Å². The SMILES string of the molecule is CCNC(=O)CNC(=O)c1ccc(N2CCCC2=O)cc1. The fraction of sp³-hybridized carbons (Fsp3) is 0.400. The van der Waals surface area contributed by atoms with Crippen LogP contribution in [0.3, 0.4) is 0 Å². The molecule has 0 aliphatic carbocycles. The van der Waals surface area contributed by atoms with Crippen LogP contribution in [0.15, 0.2) is 24.3 Å². The summed E-state index contributed by atoms with van der Waals surface area (Å²) < 4.78 is 0. The van der Waals surface area contributed by atoms with Gasteiger partial charge in [0.2, 0.25) is 11.8 Å². The first-order chi connectivity index (χ1) is 10.1. The third-order valence-electron chi connectivity index (χ3n) is 3.30. The van der Waals surface area contributed by atoms with Crippen LogP contribution in [0.2, 0.25) is 0 Å². The van der Waals surface area contributed by atoms with E-state index < -0.39 is 0 Å². The maximum absolute atomic E-state index is 11.9. The molecule has 0 atom stereocenters. The van der Waals surface area contributed by atoms with Gasteiger partial charge in [-0.2, -0.15) is 0 Å². The molecule has 1 aromatic rings. The van der Waals surface area contributed by atoms with E-state index >= 15 is 0 Å². The minimum absolute atomic E-state index is 0.0426. The summed E-state index contributed by atoms with van der Waals surface area (Å²) in [6.07, 6.45) is 1.45. The standard InChI is InChI=1S/C15H19N3O3/c1-2-16-13(19)10-17-15(21)11-5-7-12(8-6-11)18-9-3-4-14(18)20/h5-8H,2-4,9-10H2,1H3,(H,16,19)(H,17,21). The molecule has 0 saturated carbocycles. The van der Waals surface area contributed by atoms with Gasteiger partial charge in [0.05, 0.1) is 6.54 Å². The van der Waals surface area contributed by atoms with Gasteiger partial charge in [-0.15, -0.1) is 0 Å². The second-order valence-corrected chi connectivity index (χ2v) is 4.83. The Hall–Kier alpha value is -2.37. The Morgan fingerprint density at radius 2 is 1.90 bits per heavy atom. The number of rotatable bonds is 5. The molecule has 6 nitrogen and oxygen atoms in total. The average molecular weight is 289 g/mol. The van der Waals surface area contributed by atoms with Gasteiger partial charge in [-0.05, 0) is 37.6 Å². The van der Waals surface area contributed by atoms with E-state index in [0.717, 1.165) is 18.7 Å². The van der Waals surface area contributed by atoms with Gasteiger partial charge in [-0.3, -0.25) is 14.4 Å². The Bertz CT molecular complexity index is 540. The van der Waals surface area contributed by atoms with E-state index in [0.29, 0.717) is 18.5 Å². The first-order valence-corrected chi connectivity index (χ1v) is 7.07. The van der Waals surface area contributed by atoms with Crippen LogP contribution >= 0.6 is 0 Å². The summed E-state index contributed by atoms with van der Waals surface area (Å²) in [6, 6.07) is 6.83. The Kier molecular flexibility index (Phi) is 4.92. The van der Waals surface area contributed by atoms with Gasteiger partial charge in [0.1, 0.15) is 0 Å². The van der Waals surface area contributed by atoms with Crippen LogP contribution in [0, 0.1) is 0 Å². The molecule has 1 heterocycles.